The van der Waals surface area contributed by atoms with Crippen LogP contribution in [0, 0.1) is 0 Å². The van der Waals surface area contributed by atoms with Crippen LogP contribution in [-0.4, -0.2) is 20.9 Å². The Morgan fingerprint density at radius 1 is 0.871 bits per heavy atom. The molecular weight excluding hydrogens is 405 g/mol. The number of nitrogens with zero attached hydrogens (tertiary/aromatic N) is 2. The third-order valence-corrected chi connectivity index (χ3v) is 4.81. The zero-order chi connectivity index (χ0) is 22.0. The fraction of sp³-hybridized carbons (Fsp3) is 0.0833. The summed E-state index contributed by atoms with van der Waals surface area (Å²) < 4.78 is 40.6. The molecule has 0 radical (unpaired) electrons. The standard InChI is InChI=1S/C24H17F3N2O2/c25-24(26,27)20-10-5-11-21(14-20)29-15-19(13-22(30)31)23(28-29)18-9-4-8-17(12-18)16-6-2-1-3-7-16/h1-12,14-15H,13H2,(H,30,31). The van der Waals surface area contributed by atoms with Gasteiger partial charge in [0.05, 0.1) is 23.4 Å². The number of alkyl halides is 3. The summed E-state index contributed by atoms with van der Waals surface area (Å²) in [6.07, 6.45) is -3.32. The SMILES string of the molecule is O=C(O)Cc1cn(-c2cccc(C(F)(F)F)c2)nc1-c1cccc(-c2ccccc2)c1. The first-order valence-electron chi connectivity index (χ1n) is 9.45. The van der Waals surface area contributed by atoms with Crippen molar-refractivity contribution in [3.05, 3.63) is 96.2 Å². The molecule has 0 aliphatic heterocycles. The quantitative estimate of drug-likeness (QED) is 0.439. The molecule has 7 heteroatoms. The lowest BCUT2D eigenvalue weighted by Crippen LogP contribution is -2.06. The molecule has 0 amide bonds. The predicted octanol–water partition coefficient (Wildman–Crippen LogP) is 5.85. The van der Waals surface area contributed by atoms with Crippen LogP contribution in [0.15, 0.2) is 85.1 Å². The van der Waals surface area contributed by atoms with Gasteiger partial charge in [0.25, 0.3) is 0 Å². The van der Waals surface area contributed by atoms with Crippen molar-refractivity contribution >= 4 is 5.97 Å². The molecule has 0 aliphatic carbocycles. The number of carboxylic acids is 1. The van der Waals surface area contributed by atoms with Crippen LogP contribution in [0.2, 0.25) is 0 Å². The summed E-state index contributed by atoms with van der Waals surface area (Å²) in [6.45, 7) is 0. The number of rotatable bonds is 5. The molecule has 156 valence electrons. The molecule has 4 rings (SSSR count). The second-order valence-corrected chi connectivity index (χ2v) is 7.01. The molecule has 0 saturated carbocycles. The maximum Gasteiger partial charge on any atom is 0.416 e. The van der Waals surface area contributed by atoms with Gasteiger partial charge in [0.2, 0.25) is 0 Å². The van der Waals surface area contributed by atoms with Crippen LogP contribution in [0.4, 0.5) is 13.2 Å². The van der Waals surface area contributed by atoms with E-state index in [0.717, 1.165) is 23.3 Å². The number of carbonyl (C=O) groups is 1. The first-order chi connectivity index (χ1) is 14.8. The zero-order valence-corrected chi connectivity index (χ0v) is 16.2. The minimum absolute atomic E-state index is 0.201. The van der Waals surface area contributed by atoms with Gasteiger partial charge >= 0.3 is 12.1 Å². The molecule has 0 aliphatic rings. The van der Waals surface area contributed by atoms with Crippen LogP contribution in [0.1, 0.15) is 11.1 Å². The highest BCUT2D eigenvalue weighted by atomic mass is 19.4. The van der Waals surface area contributed by atoms with Gasteiger partial charge in [-0.2, -0.15) is 18.3 Å². The van der Waals surface area contributed by atoms with Crippen molar-refractivity contribution in [2.45, 2.75) is 12.6 Å². The number of benzene rings is 3. The van der Waals surface area contributed by atoms with Crippen molar-refractivity contribution < 1.29 is 23.1 Å². The van der Waals surface area contributed by atoms with E-state index in [9.17, 15) is 23.1 Å². The molecule has 1 N–H and O–H groups in total. The Bertz CT molecular complexity index is 1230. The molecule has 4 aromatic rings. The first kappa shape index (κ1) is 20.4. The molecule has 31 heavy (non-hydrogen) atoms. The summed E-state index contributed by atoms with van der Waals surface area (Å²) in [6, 6.07) is 21.9. The van der Waals surface area contributed by atoms with E-state index >= 15 is 0 Å². The summed E-state index contributed by atoms with van der Waals surface area (Å²) >= 11 is 0. The molecule has 1 aromatic heterocycles. The fourth-order valence-electron chi connectivity index (χ4n) is 3.38. The predicted molar refractivity (Wildman–Crippen MR) is 111 cm³/mol. The van der Waals surface area contributed by atoms with Crippen LogP contribution in [-0.2, 0) is 17.4 Å². The van der Waals surface area contributed by atoms with Gasteiger partial charge in [0.15, 0.2) is 0 Å². The summed E-state index contributed by atoms with van der Waals surface area (Å²) in [5, 5.41) is 13.8. The van der Waals surface area contributed by atoms with Crippen molar-refractivity contribution in [2.75, 3.05) is 0 Å². The highest BCUT2D eigenvalue weighted by Crippen LogP contribution is 2.32. The van der Waals surface area contributed by atoms with Gasteiger partial charge in [0.1, 0.15) is 0 Å². The van der Waals surface area contributed by atoms with Gasteiger partial charge in [-0.15, -0.1) is 0 Å². The lowest BCUT2D eigenvalue weighted by atomic mass is 10.00. The second kappa shape index (κ2) is 8.10. The van der Waals surface area contributed by atoms with Gasteiger partial charge in [-0.05, 0) is 35.4 Å². The summed E-state index contributed by atoms with van der Waals surface area (Å²) in [7, 11) is 0. The van der Waals surface area contributed by atoms with Gasteiger partial charge in [-0.25, -0.2) is 4.68 Å². The highest BCUT2D eigenvalue weighted by Gasteiger charge is 2.30. The molecular formula is C24H17F3N2O2. The molecule has 0 spiro atoms. The minimum atomic E-state index is -4.49. The molecule has 0 unspecified atom stereocenters. The van der Waals surface area contributed by atoms with E-state index < -0.39 is 17.7 Å². The topological polar surface area (TPSA) is 55.1 Å². The van der Waals surface area contributed by atoms with Crippen molar-refractivity contribution in [3.63, 3.8) is 0 Å². The number of halogens is 3. The molecule has 3 aromatic carbocycles. The van der Waals surface area contributed by atoms with Crippen LogP contribution in [0.3, 0.4) is 0 Å². The Hall–Kier alpha value is -3.87. The van der Waals surface area contributed by atoms with E-state index in [4.69, 9.17) is 0 Å². The number of hydrogen-bond donors (Lipinski definition) is 1. The van der Waals surface area contributed by atoms with Gasteiger partial charge in [-0.3, -0.25) is 4.79 Å². The van der Waals surface area contributed by atoms with Crippen LogP contribution in [0.25, 0.3) is 28.1 Å². The Morgan fingerprint density at radius 3 is 2.26 bits per heavy atom. The number of hydrogen-bond acceptors (Lipinski definition) is 2. The van der Waals surface area contributed by atoms with Crippen molar-refractivity contribution in [3.8, 4) is 28.1 Å². The van der Waals surface area contributed by atoms with Crippen LogP contribution in [0.5, 0.6) is 0 Å². The summed E-state index contributed by atoms with van der Waals surface area (Å²) in [4.78, 5) is 11.4. The fourth-order valence-corrected chi connectivity index (χ4v) is 3.38. The normalized spacial score (nSPS) is 11.5. The third kappa shape index (κ3) is 4.50. The highest BCUT2D eigenvalue weighted by molar-refractivity contribution is 5.77. The van der Waals surface area contributed by atoms with Crippen LogP contribution >= 0.6 is 0 Å². The van der Waals surface area contributed by atoms with E-state index in [1.54, 1.807) is 6.07 Å². The smallest absolute Gasteiger partial charge is 0.416 e. The minimum Gasteiger partial charge on any atom is -0.481 e. The summed E-state index contributed by atoms with van der Waals surface area (Å²) in [5.41, 5.74) is 2.82. The zero-order valence-electron chi connectivity index (χ0n) is 16.2. The maximum atomic E-state index is 13.1. The lowest BCUT2D eigenvalue weighted by Gasteiger charge is -2.08. The van der Waals surface area contributed by atoms with E-state index in [1.165, 1.54) is 23.0 Å². The molecule has 0 bridgehead atoms. The number of aromatic nitrogens is 2. The average molecular weight is 422 g/mol. The summed E-state index contributed by atoms with van der Waals surface area (Å²) in [5.74, 6) is -1.05. The Morgan fingerprint density at radius 2 is 1.55 bits per heavy atom. The van der Waals surface area contributed by atoms with E-state index in [2.05, 4.69) is 5.10 Å². The van der Waals surface area contributed by atoms with Crippen molar-refractivity contribution in [2.24, 2.45) is 0 Å². The van der Waals surface area contributed by atoms with E-state index in [0.29, 0.717) is 16.8 Å². The second-order valence-electron chi connectivity index (χ2n) is 7.01. The van der Waals surface area contributed by atoms with E-state index in [1.807, 2.05) is 48.5 Å². The molecule has 1 heterocycles. The Labute approximate surface area is 176 Å². The molecule has 4 nitrogen and oxygen atoms in total. The van der Waals surface area contributed by atoms with E-state index in [-0.39, 0.29) is 12.1 Å². The molecule has 0 atom stereocenters. The van der Waals surface area contributed by atoms with Crippen molar-refractivity contribution in [1.29, 1.82) is 0 Å². The van der Waals surface area contributed by atoms with Crippen LogP contribution < -0.4 is 0 Å². The molecule has 0 saturated heterocycles. The lowest BCUT2D eigenvalue weighted by molar-refractivity contribution is -0.138. The largest absolute Gasteiger partial charge is 0.481 e. The monoisotopic (exact) mass is 422 g/mol. The maximum absolute atomic E-state index is 13.1. The first-order valence-corrected chi connectivity index (χ1v) is 9.45. The van der Waals surface area contributed by atoms with Gasteiger partial charge in [-0.1, -0.05) is 54.6 Å². The number of aliphatic carboxylic acids is 1. The Kier molecular flexibility index (Phi) is 5.33. The Balaban J connectivity index is 1.80. The average Bonchev–Trinajstić information content (AvgIpc) is 3.17. The molecule has 0 fully saturated rings. The number of carboxylic acid groups (broad SMARTS) is 1. The third-order valence-electron chi connectivity index (χ3n) is 4.81. The van der Waals surface area contributed by atoms with Gasteiger partial charge in [0, 0.05) is 17.3 Å². The van der Waals surface area contributed by atoms with Gasteiger partial charge < -0.3 is 5.11 Å². The van der Waals surface area contributed by atoms with Crippen molar-refractivity contribution in [1.82, 2.24) is 9.78 Å².